The fourth-order valence-electron chi connectivity index (χ4n) is 0. The normalized spacial score (nSPS) is 6.17. The largest absolute Gasteiger partial charge is 4.00 e. The minimum Gasteiger partial charge on any atom is -2.00 e. The van der Waals surface area contributed by atoms with Crippen molar-refractivity contribution in [2.45, 2.75) is 26.7 Å². The van der Waals surface area contributed by atoms with Crippen LogP contribution in [0, 0.1) is 0 Å². The fraction of sp³-hybridized carbons (Fsp3) is 0.667. The molecule has 0 unspecified atom stereocenters. The molecule has 0 saturated carbocycles. The van der Waals surface area contributed by atoms with Gasteiger partial charge in [0.15, 0.2) is 0 Å². The number of carbonyl (C=O) groups excluding carboxylic acids is 2. The number of hydrogen-bond donors (Lipinski definition) is 0. The zero-order chi connectivity index (χ0) is 8.57. The molecule has 0 heterocycles. The van der Waals surface area contributed by atoms with E-state index in [-0.39, 0.29) is 40.0 Å². The molecule has 0 aliphatic rings. The Hall–Kier alpha value is -0.386. The van der Waals surface area contributed by atoms with Crippen molar-refractivity contribution in [3.63, 3.8) is 0 Å². The van der Waals surface area contributed by atoms with Gasteiger partial charge in [0.1, 0.15) is 0 Å². The second kappa shape index (κ2) is 16.9. The molecule has 0 amide bonds. The van der Waals surface area contributed by atoms with Gasteiger partial charge in [0.2, 0.25) is 0 Å². The van der Waals surface area contributed by atoms with Gasteiger partial charge in [-0.2, -0.15) is 0 Å². The third-order valence-corrected chi connectivity index (χ3v) is 0.577. The molecule has 0 radical (unpaired) electrons. The molecule has 0 N–H and O–H groups in total. The molecule has 0 aromatic rings. The maximum atomic E-state index is 9.26. The summed E-state index contributed by atoms with van der Waals surface area (Å²) < 4.78 is 0. The fourth-order valence-corrected chi connectivity index (χ4v) is 0. The zero-order valence-electron chi connectivity index (χ0n) is 6.96. The summed E-state index contributed by atoms with van der Waals surface area (Å²) >= 11 is 0. The topological polar surface area (TPSA) is 109 Å². The summed E-state index contributed by atoms with van der Waals surface area (Å²) in [4.78, 5) is 18.5. The van der Waals surface area contributed by atoms with Gasteiger partial charge in [-0.05, 0) is 12.8 Å². The van der Waals surface area contributed by atoms with Crippen LogP contribution in [0.3, 0.4) is 0 Å². The maximum Gasteiger partial charge on any atom is 4.00 e. The molecule has 12 heavy (non-hydrogen) atoms. The van der Waals surface area contributed by atoms with Crippen LogP contribution >= 0.6 is 0 Å². The first kappa shape index (κ1) is 22.6. The number of aliphatic carboxylic acids is 2. The standard InChI is InChI=1S/2C3H6O2.O.Ti/c2*1-2-3(4)5;;/h2*2H2,1H3,(H,4,5);;/q;;-2;+4/p-2. The maximum absolute atomic E-state index is 9.26. The van der Waals surface area contributed by atoms with Crippen molar-refractivity contribution >= 4 is 11.9 Å². The number of carboxylic acid groups (broad SMARTS) is 2. The average molecular weight is 210 g/mol. The molecular formula is C6H10O5Ti. The Morgan fingerprint density at radius 3 is 1.08 bits per heavy atom. The van der Waals surface area contributed by atoms with E-state index < -0.39 is 11.9 Å². The SMILES string of the molecule is CCC(=O)[O-].CCC(=O)[O-].[O-2].[Ti+4]. The van der Waals surface area contributed by atoms with Gasteiger partial charge in [0, 0.05) is 11.9 Å². The molecule has 0 aromatic heterocycles. The second-order valence-electron chi connectivity index (χ2n) is 1.45. The van der Waals surface area contributed by atoms with Gasteiger partial charge in [-0.3, -0.25) is 0 Å². The molecule has 0 saturated heterocycles. The predicted octanol–water partition coefficient (Wildman–Crippen LogP) is -1.83. The molecule has 68 valence electrons. The van der Waals surface area contributed by atoms with Gasteiger partial charge in [-0.1, -0.05) is 13.8 Å². The summed E-state index contributed by atoms with van der Waals surface area (Å²) in [7, 11) is 0. The molecule has 0 bridgehead atoms. The summed E-state index contributed by atoms with van der Waals surface area (Å²) in [6.45, 7) is 3.07. The van der Waals surface area contributed by atoms with Crippen LogP contribution in [0.1, 0.15) is 26.7 Å². The van der Waals surface area contributed by atoms with E-state index >= 15 is 0 Å². The smallest absolute Gasteiger partial charge is 2.00 e. The molecule has 0 aliphatic carbocycles. The summed E-state index contributed by atoms with van der Waals surface area (Å²) in [5.41, 5.74) is 0. The van der Waals surface area contributed by atoms with E-state index in [0.29, 0.717) is 0 Å². The van der Waals surface area contributed by atoms with E-state index in [1.807, 2.05) is 0 Å². The van der Waals surface area contributed by atoms with Gasteiger partial charge in [0.05, 0.1) is 0 Å². The van der Waals surface area contributed by atoms with E-state index in [1.165, 1.54) is 13.8 Å². The van der Waals surface area contributed by atoms with Crippen molar-refractivity contribution < 1.29 is 47.0 Å². The number of carboxylic acids is 2. The Morgan fingerprint density at radius 2 is 1.08 bits per heavy atom. The first-order valence-electron chi connectivity index (χ1n) is 2.94. The molecule has 0 spiro atoms. The van der Waals surface area contributed by atoms with Crippen molar-refractivity contribution in [1.29, 1.82) is 0 Å². The minimum atomic E-state index is -0.995. The van der Waals surface area contributed by atoms with Crippen molar-refractivity contribution in [2.24, 2.45) is 0 Å². The van der Waals surface area contributed by atoms with E-state index in [9.17, 15) is 19.8 Å². The minimum absolute atomic E-state index is 0. The van der Waals surface area contributed by atoms with Crippen molar-refractivity contribution in [2.75, 3.05) is 0 Å². The van der Waals surface area contributed by atoms with E-state index in [4.69, 9.17) is 0 Å². The van der Waals surface area contributed by atoms with Gasteiger partial charge in [-0.15, -0.1) is 0 Å². The average Bonchev–Trinajstić information content (AvgIpc) is 1.89. The monoisotopic (exact) mass is 210 g/mol. The Labute approximate surface area is 86.0 Å². The number of rotatable bonds is 2. The van der Waals surface area contributed by atoms with Crippen LogP contribution in [0.2, 0.25) is 0 Å². The van der Waals surface area contributed by atoms with Gasteiger partial charge in [-0.25, -0.2) is 0 Å². The Balaban J connectivity index is -0.0000000457. The molecule has 0 aromatic carbocycles. The zero-order valence-corrected chi connectivity index (χ0v) is 8.52. The summed E-state index contributed by atoms with van der Waals surface area (Å²) in [5, 5.41) is 18.5. The van der Waals surface area contributed by atoms with Crippen LogP contribution in [0.4, 0.5) is 0 Å². The van der Waals surface area contributed by atoms with Crippen LogP contribution < -0.4 is 10.2 Å². The van der Waals surface area contributed by atoms with E-state index in [0.717, 1.165) is 0 Å². The number of hydrogen-bond acceptors (Lipinski definition) is 4. The molecule has 0 aliphatic heterocycles. The predicted molar refractivity (Wildman–Crippen MR) is 31.3 cm³/mol. The third kappa shape index (κ3) is 54.6. The van der Waals surface area contributed by atoms with Crippen molar-refractivity contribution in [3.05, 3.63) is 0 Å². The second-order valence-corrected chi connectivity index (χ2v) is 1.45. The van der Waals surface area contributed by atoms with Gasteiger partial charge < -0.3 is 25.3 Å². The van der Waals surface area contributed by atoms with Crippen LogP contribution in [-0.4, -0.2) is 11.9 Å². The number of carbonyl (C=O) groups is 2. The molecule has 0 rings (SSSR count). The Kier molecular flexibility index (Phi) is 31.8. The molecule has 5 nitrogen and oxygen atoms in total. The van der Waals surface area contributed by atoms with Gasteiger partial charge in [0.25, 0.3) is 0 Å². The van der Waals surface area contributed by atoms with Gasteiger partial charge >= 0.3 is 21.7 Å². The first-order valence-corrected chi connectivity index (χ1v) is 2.94. The van der Waals surface area contributed by atoms with Crippen LogP contribution in [0.25, 0.3) is 0 Å². The van der Waals surface area contributed by atoms with Crippen molar-refractivity contribution in [1.82, 2.24) is 0 Å². The van der Waals surface area contributed by atoms with Crippen LogP contribution in [0.15, 0.2) is 0 Å². The summed E-state index contributed by atoms with van der Waals surface area (Å²) in [5.74, 6) is -1.99. The summed E-state index contributed by atoms with van der Waals surface area (Å²) in [6.07, 6.45) is 0.222. The van der Waals surface area contributed by atoms with Crippen molar-refractivity contribution in [3.8, 4) is 0 Å². The quantitative estimate of drug-likeness (QED) is 0.499. The molecular weight excluding hydrogens is 200 g/mol. The van der Waals surface area contributed by atoms with Crippen LogP contribution in [0.5, 0.6) is 0 Å². The molecule has 0 atom stereocenters. The third-order valence-electron chi connectivity index (χ3n) is 0.577. The molecule has 6 heteroatoms. The van der Waals surface area contributed by atoms with E-state index in [1.54, 1.807) is 0 Å². The Bertz CT molecular complexity index is 101. The first-order chi connectivity index (χ1) is 4.54. The summed E-state index contributed by atoms with van der Waals surface area (Å²) in [6, 6.07) is 0. The van der Waals surface area contributed by atoms with E-state index in [2.05, 4.69) is 0 Å². The van der Waals surface area contributed by atoms with Crippen LogP contribution in [-0.2, 0) is 36.8 Å². The Morgan fingerprint density at radius 1 is 1.00 bits per heavy atom. The molecule has 0 fully saturated rings.